The maximum atomic E-state index is 12.8. The first-order valence-corrected chi connectivity index (χ1v) is 6.45. The third-order valence-electron chi connectivity index (χ3n) is 2.61. The summed E-state index contributed by atoms with van der Waals surface area (Å²) in [5.74, 6) is 0.176. The van der Waals surface area contributed by atoms with E-state index in [0.717, 1.165) is 12.8 Å². The van der Waals surface area contributed by atoms with Gasteiger partial charge in [0.25, 0.3) is 0 Å². The van der Waals surface area contributed by atoms with Gasteiger partial charge in [0.1, 0.15) is 11.4 Å². The Balaban J connectivity index is 3.26. The second-order valence-electron chi connectivity index (χ2n) is 4.34. The number of nitrogens with zero attached hydrogens (tertiary/aromatic N) is 3. The Hall–Kier alpha value is -2.12. The van der Waals surface area contributed by atoms with Gasteiger partial charge in [0.15, 0.2) is 5.82 Å². The lowest BCUT2D eigenvalue weighted by atomic mass is 10.3. The van der Waals surface area contributed by atoms with Gasteiger partial charge >= 0.3 is 6.18 Å². The molecule has 0 aliphatic rings. The third kappa shape index (κ3) is 4.73. The number of nitrogen functional groups attached to an aromatic ring is 1. The van der Waals surface area contributed by atoms with Crippen LogP contribution in [0.3, 0.4) is 0 Å². The Bertz CT molecular complexity index is 537. The van der Waals surface area contributed by atoms with E-state index >= 15 is 0 Å². The number of aryl methyl sites for hydroxylation is 1. The van der Waals surface area contributed by atoms with Gasteiger partial charge in [0.05, 0.1) is 5.69 Å². The van der Waals surface area contributed by atoms with Crippen LogP contribution in [-0.2, 0) is 0 Å². The molecule has 0 saturated carbocycles. The highest BCUT2D eigenvalue weighted by atomic mass is 19.4. The van der Waals surface area contributed by atoms with E-state index in [1.54, 1.807) is 0 Å². The molecule has 1 aromatic heterocycles. The molecule has 0 unspecified atom stereocenters. The molecule has 0 spiro atoms. The van der Waals surface area contributed by atoms with Crippen molar-refractivity contribution in [2.75, 3.05) is 17.6 Å². The predicted octanol–water partition coefficient (Wildman–Crippen LogP) is 3.40. The lowest BCUT2D eigenvalue weighted by Gasteiger charge is -2.12. The van der Waals surface area contributed by atoms with Gasteiger partial charge in [-0.1, -0.05) is 19.9 Å². The number of nitrogens with two attached hydrogens (primary N) is 1. The summed E-state index contributed by atoms with van der Waals surface area (Å²) >= 11 is 0. The number of aliphatic imine (C=N–C) groups is 1. The fourth-order valence-corrected chi connectivity index (χ4v) is 1.57. The number of nitrogens with one attached hydrogen (secondary N) is 1. The molecule has 1 aromatic rings. The number of hydrogen-bond donors (Lipinski definition) is 2. The molecule has 0 aromatic carbocycles. The second kappa shape index (κ2) is 7.05. The number of unbranched alkanes of at least 4 members (excludes halogenated alkanes) is 1. The number of allylic oxidation sites excluding steroid dienone is 1. The number of alkyl halides is 3. The van der Waals surface area contributed by atoms with Gasteiger partial charge in [-0.15, -0.1) is 0 Å². The quantitative estimate of drug-likeness (QED) is 0.623. The average molecular weight is 301 g/mol. The van der Waals surface area contributed by atoms with E-state index in [1.165, 1.54) is 6.92 Å². The molecule has 0 aliphatic carbocycles. The zero-order valence-corrected chi connectivity index (χ0v) is 12.0. The van der Waals surface area contributed by atoms with Gasteiger partial charge in [-0.25, -0.2) is 9.98 Å². The van der Waals surface area contributed by atoms with Gasteiger partial charge in [-0.2, -0.15) is 18.2 Å². The predicted molar refractivity (Wildman–Crippen MR) is 77.9 cm³/mol. The van der Waals surface area contributed by atoms with Crippen LogP contribution in [0.25, 0.3) is 0 Å². The average Bonchev–Trinajstić information content (AvgIpc) is 2.36. The summed E-state index contributed by atoms with van der Waals surface area (Å²) in [6.45, 7) is 7.23. The molecule has 3 N–H and O–H groups in total. The van der Waals surface area contributed by atoms with Crippen molar-refractivity contribution in [3.63, 3.8) is 0 Å². The molecule has 0 radical (unpaired) electrons. The molecular weight excluding hydrogens is 283 g/mol. The highest BCUT2D eigenvalue weighted by Crippen LogP contribution is 2.30. The van der Waals surface area contributed by atoms with E-state index in [1.807, 2.05) is 6.92 Å². The number of halogens is 3. The smallest absolute Gasteiger partial charge is 0.368 e. The Morgan fingerprint density at radius 3 is 2.62 bits per heavy atom. The molecule has 21 heavy (non-hydrogen) atoms. The van der Waals surface area contributed by atoms with E-state index < -0.39 is 11.9 Å². The maximum Gasteiger partial charge on any atom is 0.433 e. The number of hydrogen-bond acceptors (Lipinski definition) is 5. The molecule has 0 atom stereocenters. The molecule has 0 saturated heterocycles. The molecule has 1 heterocycles. The Morgan fingerprint density at radius 2 is 2.10 bits per heavy atom. The normalized spacial score (nSPS) is 12.3. The minimum absolute atomic E-state index is 0.0161. The van der Waals surface area contributed by atoms with Crippen molar-refractivity contribution in [2.45, 2.75) is 32.9 Å². The van der Waals surface area contributed by atoms with Gasteiger partial charge < -0.3 is 11.1 Å². The lowest BCUT2D eigenvalue weighted by molar-refractivity contribution is -0.0576. The largest absolute Gasteiger partial charge is 0.433 e. The van der Waals surface area contributed by atoms with Crippen LogP contribution in [0.5, 0.6) is 0 Å². The Morgan fingerprint density at radius 1 is 1.43 bits per heavy atom. The SMILES string of the molecule is C=CC(=Nc1c(C)nc(N)nc1NCCCC)C(F)(F)F. The molecule has 0 amide bonds. The van der Waals surface area contributed by atoms with Gasteiger partial charge in [0, 0.05) is 6.54 Å². The molecule has 5 nitrogen and oxygen atoms in total. The van der Waals surface area contributed by atoms with E-state index in [0.29, 0.717) is 12.6 Å². The lowest BCUT2D eigenvalue weighted by Crippen LogP contribution is -2.20. The van der Waals surface area contributed by atoms with Crippen LogP contribution < -0.4 is 11.1 Å². The van der Waals surface area contributed by atoms with Crippen molar-refractivity contribution >= 4 is 23.2 Å². The summed E-state index contributed by atoms with van der Waals surface area (Å²) in [5.41, 5.74) is 4.72. The van der Waals surface area contributed by atoms with Crippen LogP contribution in [-0.4, -0.2) is 28.4 Å². The summed E-state index contributed by atoms with van der Waals surface area (Å²) in [5, 5.41) is 2.94. The third-order valence-corrected chi connectivity index (χ3v) is 2.61. The fourth-order valence-electron chi connectivity index (χ4n) is 1.57. The van der Waals surface area contributed by atoms with Crippen molar-refractivity contribution in [1.82, 2.24) is 9.97 Å². The number of rotatable bonds is 6. The summed E-state index contributed by atoms with van der Waals surface area (Å²) in [6.07, 6.45) is -2.15. The summed E-state index contributed by atoms with van der Waals surface area (Å²) in [6, 6.07) is 0. The van der Waals surface area contributed by atoms with Crippen LogP contribution in [0.2, 0.25) is 0 Å². The van der Waals surface area contributed by atoms with Crippen molar-refractivity contribution in [3.8, 4) is 0 Å². The monoisotopic (exact) mass is 301 g/mol. The summed E-state index contributed by atoms with van der Waals surface area (Å²) in [7, 11) is 0. The molecular formula is C13H18F3N5. The standard InChI is InChI=1S/C13H18F3N5/c1-4-6-7-18-11-10(8(3)19-12(17)21-11)20-9(5-2)13(14,15)16/h5H,2,4,6-7H2,1,3H3,(H3,17,18,19,21). The molecule has 0 aliphatic heterocycles. The van der Waals surface area contributed by atoms with E-state index in [9.17, 15) is 13.2 Å². The first kappa shape index (κ1) is 16.9. The maximum absolute atomic E-state index is 12.8. The van der Waals surface area contributed by atoms with Crippen LogP contribution in [0.1, 0.15) is 25.5 Å². The molecule has 0 fully saturated rings. The summed E-state index contributed by atoms with van der Waals surface area (Å²) in [4.78, 5) is 11.4. The minimum Gasteiger partial charge on any atom is -0.368 e. The fraction of sp³-hybridized carbons (Fsp3) is 0.462. The zero-order chi connectivity index (χ0) is 16.0. The van der Waals surface area contributed by atoms with Crippen LogP contribution in [0, 0.1) is 6.92 Å². The number of anilines is 2. The Labute approximate surface area is 121 Å². The van der Waals surface area contributed by atoms with E-state index in [2.05, 4.69) is 26.9 Å². The van der Waals surface area contributed by atoms with Gasteiger partial charge in [-0.05, 0) is 19.4 Å². The van der Waals surface area contributed by atoms with Crippen molar-refractivity contribution < 1.29 is 13.2 Å². The van der Waals surface area contributed by atoms with Crippen LogP contribution in [0.4, 0.5) is 30.6 Å². The minimum atomic E-state index is -4.59. The van der Waals surface area contributed by atoms with Gasteiger partial charge in [-0.3, -0.25) is 0 Å². The first-order valence-electron chi connectivity index (χ1n) is 6.45. The van der Waals surface area contributed by atoms with Crippen LogP contribution >= 0.6 is 0 Å². The van der Waals surface area contributed by atoms with Crippen molar-refractivity contribution in [2.24, 2.45) is 4.99 Å². The van der Waals surface area contributed by atoms with E-state index in [4.69, 9.17) is 5.73 Å². The van der Waals surface area contributed by atoms with Crippen LogP contribution in [0.15, 0.2) is 17.6 Å². The van der Waals surface area contributed by atoms with Gasteiger partial charge in [0.2, 0.25) is 5.95 Å². The highest BCUT2D eigenvalue weighted by Gasteiger charge is 2.34. The molecule has 8 heteroatoms. The molecule has 1 rings (SSSR count). The zero-order valence-electron chi connectivity index (χ0n) is 12.0. The molecule has 0 bridgehead atoms. The Kier molecular flexibility index (Phi) is 5.69. The first-order chi connectivity index (χ1) is 9.79. The highest BCUT2D eigenvalue weighted by molar-refractivity contribution is 6.01. The summed E-state index contributed by atoms with van der Waals surface area (Å²) < 4.78 is 38.3. The van der Waals surface area contributed by atoms with E-state index in [-0.39, 0.29) is 23.1 Å². The van der Waals surface area contributed by atoms with Crippen molar-refractivity contribution in [1.29, 1.82) is 0 Å². The molecule has 116 valence electrons. The topological polar surface area (TPSA) is 76.2 Å². The second-order valence-corrected chi connectivity index (χ2v) is 4.34. The number of aromatic nitrogens is 2. The van der Waals surface area contributed by atoms with Crippen molar-refractivity contribution in [3.05, 3.63) is 18.3 Å².